The van der Waals surface area contributed by atoms with Crippen LogP contribution in [0.1, 0.15) is 25.0 Å². The van der Waals surface area contributed by atoms with Crippen LogP contribution >= 0.6 is 0 Å². The topological polar surface area (TPSA) is 16.4 Å². The van der Waals surface area contributed by atoms with Crippen molar-refractivity contribution < 1.29 is 4.42 Å². The average Bonchev–Trinajstić information content (AvgIpc) is 3.61. The summed E-state index contributed by atoms with van der Waals surface area (Å²) in [5, 5.41) is 2.22. The molecule has 1 aliphatic rings. The number of benzene rings is 7. The maximum atomic E-state index is 6.58. The highest BCUT2D eigenvalue weighted by atomic mass is 16.3. The molecule has 9 rings (SSSR count). The molecule has 0 amide bonds. The first-order valence-corrected chi connectivity index (χ1v) is 16.3. The molecule has 1 aromatic heterocycles. The van der Waals surface area contributed by atoms with E-state index in [0.29, 0.717) is 0 Å². The highest BCUT2D eigenvalue weighted by Gasteiger charge is 2.36. The van der Waals surface area contributed by atoms with E-state index in [1.54, 1.807) is 0 Å². The number of furan rings is 1. The minimum Gasteiger partial charge on any atom is -0.456 e. The highest BCUT2D eigenvalue weighted by molar-refractivity contribution is 6.14. The van der Waals surface area contributed by atoms with Crippen LogP contribution in [-0.4, -0.2) is 0 Å². The van der Waals surface area contributed by atoms with Gasteiger partial charge in [0.05, 0.1) is 11.1 Å². The third-order valence-electron chi connectivity index (χ3n) is 9.88. The third-order valence-corrected chi connectivity index (χ3v) is 9.88. The molecular formula is C45H33NO. The SMILES string of the molecule is CC1(C)c2ccccc2-c2ccc(N(c3ccc(-c4ccccc4)cc3)c3cccc4oc5cc(-c6ccccc6)ccc5c34)cc21. The largest absolute Gasteiger partial charge is 0.456 e. The summed E-state index contributed by atoms with van der Waals surface area (Å²) in [6.45, 7) is 4.68. The molecule has 7 aromatic carbocycles. The van der Waals surface area contributed by atoms with Crippen molar-refractivity contribution in [2.45, 2.75) is 19.3 Å². The van der Waals surface area contributed by atoms with Crippen molar-refractivity contribution >= 4 is 39.0 Å². The Morgan fingerprint density at radius 3 is 1.83 bits per heavy atom. The first kappa shape index (κ1) is 27.5. The van der Waals surface area contributed by atoms with Gasteiger partial charge in [0.25, 0.3) is 0 Å². The zero-order valence-electron chi connectivity index (χ0n) is 26.4. The molecule has 2 nitrogen and oxygen atoms in total. The standard InChI is InChI=1S/C45H33NO/c1-45(2)39-17-10-9-16-36(39)37-27-25-35(29-40(37)45)46(34-23-20-32(21-24-34)30-12-5-3-6-13-30)41-18-11-19-42-44(41)38-26-22-33(28-43(38)47-42)31-14-7-4-8-15-31/h3-29H,1-2H3. The number of rotatable bonds is 5. The summed E-state index contributed by atoms with van der Waals surface area (Å²) in [4.78, 5) is 2.40. The minimum atomic E-state index is -0.104. The molecule has 0 atom stereocenters. The van der Waals surface area contributed by atoms with Gasteiger partial charge in [0.15, 0.2) is 0 Å². The van der Waals surface area contributed by atoms with Crippen molar-refractivity contribution in [1.29, 1.82) is 0 Å². The average molecular weight is 604 g/mol. The summed E-state index contributed by atoms with van der Waals surface area (Å²) in [7, 11) is 0. The van der Waals surface area contributed by atoms with Crippen molar-refractivity contribution in [1.82, 2.24) is 0 Å². The second kappa shape index (κ2) is 10.6. The molecule has 0 aliphatic heterocycles. The fourth-order valence-corrected chi connectivity index (χ4v) is 7.50. The first-order chi connectivity index (χ1) is 23.1. The Balaban J connectivity index is 1.25. The van der Waals surface area contributed by atoms with Gasteiger partial charge >= 0.3 is 0 Å². The summed E-state index contributed by atoms with van der Waals surface area (Å²) < 4.78 is 6.58. The monoisotopic (exact) mass is 603 g/mol. The van der Waals surface area contributed by atoms with Crippen LogP contribution in [0.15, 0.2) is 168 Å². The van der Waals surface area contributed by atoms with Gasteiger partial charge in [0.1, 0.15) is 11.2 Å². The summed E-state index contributed by atoms with van der Waals surface area (Å²) in [6.07, 6.45) is 0. The summed E-state index contributed by atoms with van der Waals surface area (Å²) >= 11 is 0. The zero-order valence-corrected chi connectivity index (χ0v) is 26.4. The van der Waals surface area contributed by atoms with E-state index in [0.717, 1.165) is 44.6 Å². The summed E-state index contributed by atoms with van der Waals surface area (Å²) in [5.41, 5.74) is 15.1. The number of hydrogen-bond acceptors (Lipinski definition) is 2. The quantitative estimate of drug-likeness (QED) is 0.195. The Kier molecular flexibility index (Phi) is 6.20. The van der Waals surface area contributed by atoms with E-state index in [1.807, 2.05) is 0 Å². The molecule has 2 heteroatoms. The summed E-state index contributed by atoms with van der Waals surface area (Å²) in [6, 6.07) is 58.8. The van der Waals surface area contributed by atoms with Crippen molar-refractivity contribution in [3.63, 3.8) is 0 Å². The number of nitrogens with zero attached hydrogens (tertiary/aromatic N) is 1. The van der Waals surface area contributed by atoms with Crippen LogP contribution in [0, 0.1) is 0 Å². The highest BCUT2D eigenvalue weighted by Crippen LogP contribution is 2.51. The Bertz CT molecular complexity index is 2420. The lowest BCUT2D eigenvalue weighted by Crippen LogP contribution is -2.16. The van der Waals surface area contributed by atoms with Crippen LogP contribution in [-0.2, 0) is 5.41 Å². The summed E-state index contributed by atoms with van der Waals surface area (Å²) in [5.74, 6) is 0. The molecule has 224 valence electrons. The molecule has 0 bridgehead atoms. The fraction of sp³-hybridized carbons (Fsp3) is 0.0667. The van der Waals surface area contributed by atoms with Crippen LogP contribution in [0.4, 0.5) is 17.1 Å². The maximum Gasteiger partial charge on any atom is 0.137 e. The van der Waals surface area contributed by atoms with Gasteiger partial charge in [0.2, 0.25) is 0 Å². The van der Waals surface area contributed by atoms with E-state index in [2.05, 4.69) is 183 Å². The van der Waals surface area contributed by atoms with E-state index in [4.69, 9.17) is 4.42 Å². The maximum absolute atomic E-state index is 6.58. The lowest BCUT2D eigenvalue weighted by molar-refractivity contribution is 0.660. The van der Waals surface area contributed by atoms with E-state index in [9.17, 15) is 0 Å². The van der Waals surface area contributed by atoms with Crippen molar-refractivity contribution in [2.75, 3.05) is 4.90 Å². The van der Waals surface area contributed by atoms with Crippen LogP contribution in [0.2, 0.25) is 0 Å². The lowest BCUT2D eigenvalue weighted by atomic mass is 9.82. The number of hydrogen-bond donors (Lipinski definition) is 0. The number of fused-ring (bicyclic) bond motifs is 6. The van der Waals surface area contributed by atoms with E-state index < -0.39 is 0 Å². The Labute approximate surface area is 275 Å². The van der Waals surface area contributed by atoms with Crippen LogP contribution in [0.25, 0.3) is 55.3 Å². The molecule has 0 fully saturated rings. The molecule has 0 unspecified atom stereocenters. The molecule has 0 saturated carbocycles. The molecular weight excluding hydrogens is 571 g/mol. The minimum absolute atomic E-state index is 0.104. The van der Waals surface area contributed by atoms with E-state index in [1.165, 1.54) is 38.9 Å². The van der Waals surface area contributed by atoms with E-state index >= 15 is 0 Å². The van der Waals surface area contributed by atoms with Gasteiger partial charge < -0.3 is 9.32 Å². The smallest absolute Gasteiger partial charge is 0.137 e. The molecule has 0 radical (unpaired) electrons. The second-order valence-corrected chi connectivity index (χ2v) is 13.0. The van der Waals surface area contributed by atoms with Crippen LogP contribution in [0.3, 0.4) is 0 Å². The Morgan fingerprint density at radius 1 is 0.447 bits per heavy atom. The Hall–Kier alpha value is -5.86. The predicted octanol–water partition coefficient (Wildman–Crippen LogP) is 12.7. The molecule has 47 heavy (non-hydrogen) atoms. The lowest BCUT2D eigenvalue weighted by Gasteiger charge is -2.28. The van der Waals surface area contributed by atoms with Crippen molar-refractivity contribution in [3.05, 3.63) is 175 Å². The Morgan fingerprint density at radius 2 is 1.06 bits per heavy atom. The molecule has 1 heterocycles. The molecule has 0 saturated heterocycles. The molecule has 1 aliphatic carbocycles. The van der Waals surface area contributed by atoms with Gasteiger partial charge in [-0.15, -0.1) is 0 Å². The van der Waals surface area contributed by atoms with Gasteiger partial charge in [-0.1, -0.05) is 129 Å². The fourth-order valence-electron chi connectivity index (χ4n) is 7.50. The van der Waals surface area contributed by atoms with Gasteiger partial charge in [0, 0.05) is 22.2 Å². The van der Waals surface area contributed by atoms with Crippen molar-refractivity contribution in [3.8, 4) is 33.4 Å². The van der Waals surface area contributed by atoms with Gasteiger partial charge in [-0.2, -0.15) is 0 Å². The third kappa shape index (κ3) is 4.40. The van der Waals surface area contributed by atoms with Gasteiger partial charge in [-0.25, -0.2) is 0 Å². The second-order valence-electron chi connectivity index (χ2n) is 13.0. The van der Waals surface area contributed by atoms with Crippen molar-refractivity contribution in [2.24, 2.45) is 0 Å². The molecule has 0 N–H and O–H groups in total. The molecule has 0 spiro atoms. The predicted molar refractivity (Wildman–Crippen MR) is 197 cm³/mol. The van der Waals surface area contributed by atoms with Gasteiger partial charge in [-0.3, -0.25) is 0 Å². The van der Waals surface area contributed by atoms with Crippen LogP contribution in [0.5, 0.6) is 0 Å². The van der Waals surface area contributed by atoms with E-state index in [-0.39, 0.29) is 5.41 Å². The van der Waals surface area contributed by atoms with Crippen LogP contribution < -0.4 is 4.90 Å². The zero-order chi connectivity index (χ0) is 31.5. The van der Waals surface area contributed by atoms with Gasteiger partial charge in [-0.05, 0) is 93.0 Å². The molecule has 8 aromatic rings. The normalized spacial score (nSPS) is 13.1. The first-order valence-electron chi connectivity index (χ1n) is 16.3. The number of anilines is 3.